The predicted octanol–water partition coefficient (Wildman–Crippen LogP) is -2.28. The predicted molar refractivity (Wildman–Crippen MR) is 94.5 cm³/mol. The molecule has 0 spiro atoms. The Morgan fingerprint density at radius 1 is 1.11 bits per heavy atom. The van der Waals surface area contributed by atoms with Crippen molar-refractivity contribution in [3.63, 3.8) is 0 Å². The third kappa shape index (κ3) is 3.79. The summed E-state index contributed by atoms with van der Waals surface area (Å²) in [7, 11) is 0. The number of carbonyl (C=O) groups excluding carboxylic acids is 2. The summed E-state index contributed by atoms with van der Waals surface area (Å²) >= 11 is 1.03. The lowest BCUT2D eigenvalue weighted by molar-refractivity contribution is -0.153. The number of nitrogens with one attached hydrogen (secondary N) is 1. The van der Waals surface area contributed by atoms with Crippen LogP contribution >= 0.6 is 11.8 Å². The average molecular weight is 406 g/mol. The highest BCUT2D eigenvalue weighted by Crippen LogP contribution is 2.47. The van der Waals surface area contributed by atoms with Gasteiger partial charge >= 0.3 is 5.97 Å². The summed E-state index contributed by atoms with van der Waals surface area (Å²) in [5.41, 5.74) is 0. The number of aliphatic hydroxyl groups excluding tert-OH is 4. The van der Waals surface area contributed by atoms with E-state index < -0.39 is 70.3 Å². The minimum absolute atomic E-state index is 0.418. The Morgan fingerprint density at radius 2 is 1.67 bits per heavy atom. The van der Waals surface area contributed by atoms with Gasteiger partial charge in [0.15, 0.2) is 6.10 Å². The minimum Gasteiger partial charge on any atom is -0.480 e. The normalized spacial score (nSPS) is 36.9. The summed E-state index contributed by atoms with van der Waals surface area (Å²) in [5, 5.41) is 50.9. The van der Waals surface area contributed by atoms with Crippen molar-refractivity contribution in [3.05, 3.63) is 0 Å². The van der Waals surface area contributed by atoms with Crippen LogP contribution in [0, 0.1) is 5.92 Å². The van der Waals surface area contributed by atoms with E-state index in [9.17, 15) is 39.9 Å². The van der Waals surface area contributed by atoms with E-state index >= 15 is 0 Å². The standard InChI is InChI=1S/C16H26N2O8S/c1-5(2)6(15(25)26)17-12(23)11-16(3,4)27-14-10(22)8(20)7(19)9(21)13(24)18(11)14/h5-11,14,19-22H,1-4H3,(H,17,23)(H,25,26)/t6-,7+,8+,9+,10-,11-,14-/m1/s1. The van der Waals surface area contributed by atoms with Gasteiger partial charge in [0, 0.05) is 4.75 Å². The highest BCUT2D eigenvalue weighted by Gasteiger charge is 2.60. The molecule has 6 N–H and O–H groups in total. The van der Waals surface area contributed by atoms with Gasteiger partial charge in [-0.05, 0) is 19.8 Å². The van der Waals surface area contributed by atoms with Crippen LogP contribution in [0.25, 0.3) is 0 Å². The molecule has 2 aliphatic rings. The number of carboxylic acids is 1. The molecule has 154 valence electrons. The van der Waals surface area contributed by atoms with Crippen molar-refractivity contribution in [1.29, 1.82) is 0 Å². The molecule has 0 unspecified atom stereocenters. The summed E-state index contributed by atoms with van der Waals surface area (Å²) in [6, 6.07) is -2.41. The number of hydrogen-bond acceptors (Lipinski definition) is 8. The maximum absolute atomic E-state index is 12.9. The van der Waals surface area contributed by atoms with Gasteiger partial charge in [-0.2, -0.15) is 0 Å². The topological polar surface area (TPSA) is 168 Å². The monoisotopic (exact) mass is 406 g/mol. The summed E-state index contributed by atoms with van der Waals surface area (Å²) in [6.45, 7) is 6.51. The van der Waals surface area contributed by atoms with Gasteiger partial charge in [-0.3, -0.25) is 9.59 Å². The molecule has 2 amide bonds. The maximum Gasteiger partial charge on any atom is 0.326 e. The number of carboxylic acid groups (broad SMARTS) is 1. The van der Waals surface area contributed by atoms with Crippen LogP contribution in [0.5, 0.6) is 0 Å². The highest BCUT2D eigenvalue weighted by molar-refractivity contribution is 8.01. The van der Waals surface area contributed by atoms with Gasteiger partial charge in [-0.15, -0.1) is 11.8 Å². The van der Waals surface area contributed by atoms with Crippen molar-refractivity contribution in [3.8, 4) is 0 Å². The molecule has 27 heavy (non-hydrogen) atoms. The number of nitrogens with zero attached hydrogens (tertiary/aromatic N) is 1. The van der Waals surface area contributed by atoms with Gasteiger partial charge in [-0.25, -0.2) is 4.79 Å². The van der Waals surface area contributed by atoms with Crippen molar-refractivity contribution in [1.82, 2.24) is 10.2 Å². The molecule has 0 aliphatic carbocycles. The molecule has 0 aromatic heterocycles. The van der Waals surface area contributed by atoms with Gasteiger partial charge in [-0.1, -0.05) is 13.8 Å². The Hall–Kier alpha value is -1.40. The number of aliphatic hydroxyl groups is 4. The first-order valence-corrected chi connectivity index (χ1v) is 9.44. The first-order valence-electron chi connectivity index (χ1n) is 8.56. The number of rotatable bonds is 4. The molecular formula is C16H26N2O8S. The quantitative estimate of drug-likeness (QED) is 0.301. The van der Waals surface area contributed by atoms with E-state index in [1.165, 1.54) is 0 Å². The summed E-state index contributed by atoms with van der Waals surface area (Å²) in [4.78, 5) is 37.9. The second-order valence-corrected chi connectivity index (χ2v) is 9.52. The van der Waals surface area contributed by atoms with Crippen LogP contribution in [0.4, 0.5) is 0 Å². The number of hydrogen-bond donors (Lipinski definition) is 6. The molecule has 0 bridgehead atoms. The Kier molecular flexibility index (Phi) is 6.12. The fourth-order valence-corrected chi connectivity index (χ4v) is 5.06. The largest absolute Gasteiger partial charge is 0.480 e. The molecule has 2 fully saturated rings. The minimum atomic E-state index is -2.02. The zero-order valence-electron chi connectivity index (χ0n) is 15.4. The van der Waals surface area contributed by atoms with Crippen molar-refractivity contribution in [2.45, 2.75) is 74.3 Å². The Labute approximate surface area is 160 Å². The summed E-state index contributed by atoms with van der Waals surface area (Å²) in [5.74, 6) is -3.42. The average Bonchev–Trinajstić information content (AvgIpc) is 2.84. The SMILES string of the molecule is CC(C)[C@@H](NC(=O)[C@H]1N2C(=O)[C@@H](O)[C@@H](O)[C@H](O)[C@@H](O)[C@H]2SC1(C)C)C(=O)O. The molecule has 11 heteroatoms. The zero-order chi connectivity index (χ0) is 20.8. The van der Waals surface area contributed by atoms with E-state index in [4.69, 9.17) is 0 Å². The smallest absolute Gasteiger partial charge is 0.326 e. The second kappa shape index (κ2) is 7.55. The van der Waals surface area contributed by atoms with Crippen LogP contribution in [0.2, 0.25) is 0 Å². The lowest BCUT2D eigenvalue weighted by Crippen LogP contribution is -2.60. The van der Waals surface area contributed by atoms with Gasteiger partial charge in [0.25, 0.3) is 5.91 Å². The third-order valence-corrected chi connectivity index (χ3v) is 6.52. The van der Waals surface area contributed by atoms with E-state index in [1.54, 1.807) is 27.7 Å². The molecule has 10 nitrogen and oxygen atoms in total. The van der Waals surface area contributed by atoms with Crippen LogP contribution in [0.3, 0.4) is 0 Å². The van der Waals surface area contributed by atoms with Gasteiger partial charge < -0.3 is 35.7 Å². The Morgan fingerprint density at radius 3 is 2.15 bits per heavy atom. The molecule has 2 saturated heterocycles. The zero-order valence-corrected chi connectivity index (χ0v) is 16.3. The van der Waals surface area contributed by atoms with Crippen molar-refractivity contribution in [2.24, 2.45) is 5.92 Å². The molecule has 2 aliphatic heterocycles. The van der Waals surface area contributed by atoms with Crippen molar-refractivity contribution >= 4 is 29.5 Å². The number of amides is 2. The first-order chi connectivity index (χ1) is 12.3. The fourth-order valence-electron chi connectivity index (χ4n) is 3.45. The molecule has 2 rings (SSSR count). The number of carbonyl (C=O) groups is 3. The van der Waals surface area contributed by atoms with Crippen LogP contribution in [0.15, 0.2) is 0 Å². The highest BCUT2D eigenvalue weighted by atomic mass is 32.2. The van der Waals surface area contributed by atoms with Gasteiger partial charge in [0.1, 0.15) is 35.8 Å². The van der Waals surface area contributed by atoms with Crippen LogP contribution in [-0.2, 0) is 14.4 Å². The molecular weight excluding hydrogens is 380 g/mol. The van der Waals surface area contributed by atoms with E-state index in [-0.39, 0.29) is 0 Å². The number of fused-ring (bicyclic) bond motifs is 1. The van der Waals surface area contributed by atoms with Crippen molar-refractivity contribution < 1.29 is 39.9 Å². The van der Waals surface area contributed by atoms with Gasteiger partial charge in [0.05, 0.1) is 0 Å². The van der Waals surface area contributed by atoms with Crippen LogP contribution in [0.1, 0.15) is 27.7 Å². The van der Waals surface area contributed by atoms with Crippen LogP contribution in [-0.4, -0.2) is 94.8 Å². The lowest BCUT2D eigenvalue weighted by atomic mass is 9.98. The van der Waals surface area contributed by atoms with Crippen LogP contribution < -0.4 is 5.32 Å². The van der Waals surface area contributed by atoms with Gasteiger partial charge in [0.2, 0.25) is 5.91 Å². The van der Waals surface area contributed by atoms with E-state index in [0.717, 1.165) is 16.7 Å². The Bertz CT molecular complexity index is 628. The molecule has 0 aromatic rings. The molecule has 0 radical (unpaired) electrons. The second-order valence-electron chi connectivity index (χ2n) is 7.75. The first kappa shape index (κ1) is 21.9. The van der Waals surface area contributed by atoms with E-state index in [0.29, 0.717) is 0 Å². The molecule has 7 atom stereocenters. The van der Waals surface area contributed by atoms with E-state index in [2.05, 4.69) is 5.32 Å². The molecule has 2 heterocycles. The lowest BCUT2D eigenvalue weighted by Gasteiger charge is -2.33. The fraction of sp³-hybridized carbons (Fsp3) is 0.812. The summed E-state index contributed by atoms with van der Waals surface area (Å²) < 4.78 is -0.951. The summed E-state index contributed by atoms with van der Waals surface area (Å²) in [6.07, 6.45) is -7.33. The third-order valence-electron chi connectivity index (χ3n) is 4.94. The molecule has 0 aromatic carbocycles. The maximum atomic E-state index is 12.9. The molecule has 0 saturated carbocycles. The number of thioether (sulfide) groups is 1. The number of aliphatic carboxylic acids is 1. The van der Waals surface area contributed by atoms with Crippen molar-refractivity contribution in [2.75, 3.05) is 0 Å². The Balaban J connectivity index is 2.41. The van der Waals surface area contributed by atoms with E-state index in [1.807, 2.05) is 0 Å².